The number of benzene rings is 1. The van der Waals surface area contributed by atoms with Crippen LogP contribution in [0.4, 0.5) is 0 Å². The third kappa shape index (κ3) is 3.18. The molecule has 0 fully saturated rings. The highest BCUT2D eigenvalue weighted by Gasteiger charge is 2.28. The molecule has 0 bridgehead atoms. The highest BCUT2D eigenvalue weighted by molar-refractivity contribution is 6.00. The molecule has 3 heterocycles. The zero-order valence-electron chi connectivity index (χ0n) is 15.1. The molecule has 0 atom stereocenters. The number of aromatic nitrogens is 4. The van der Waals surface area contributed by atoms with Gasteiger partial charge in [-0.2, -0.15) is 10.4 Å². The average Bonchev–Trinajstić information content (AvgIpc) is 3.16. The van der Waals surface area contributed by atoms with E-state index >= 15 is 0 Å². The molecule has 1 N–H and O–H groups in total. The first-order valence-electron chi connectivity index (χ1n) is 9.02. The van der Waals surface area contributed by atoms with Crippen molar-refractivity contribution in [3.05, 3.63) is 70.0 Å². The van der Waals surface area contributed by atoms with Crippen molar-refractivity contribution in [1.29, 1.82) is 5.26 Å². The number of nitrogens with zero attached hydrogens (tertiary/aromatic N) is 5. The number of nitriles is 1. The van der Waals surface area contributed by atoms with Crippen LogP contribution in [0.25, 0.3) is 11.3 Å². The fraction of sp³-hybridized carbons (Fsp3) is 0.250. The summed E-state index contributed by atoms with van der Waals surface area (Å²) in [6, 6.07) is 11.7. The molecule has 0 saturated carbocycles. The number of hydrogen-bond donors (Lipinski definition) is 1. The summed E-state index contributed by atoms with van der Waals surface area (Å²) in [6.07, 6.45) is 3.69. The number of H-pyrrole nitrogens is 1. The van der Waals surface area contributed by atoms with Crippen LogP contribution in [0.2, 0.25) is 0 Å². The molecule has 0 saturated heterocycles. The topological polar surface area (TPSA) is 108 Å². The lowest BCUT2D eigenvalue weighted by molar-refractivity contribution is 0.0732. The summed E-state index contributed by atoms with van der Waals surface area (Å²) in [6.45, 7) is 1.14. The molecule has 140 valence electrons. The van der Waals surface area contributed by atoms with Crippen molar-refractivity contribution in [2.24, 2.45) is 0 Å². The van der Waals surface area contributed by atoms with Gasteiger partial charge in [-0.3, -0.25) is 14.3 Å². The van der Waals surface area contributed by atoms with Crippen LogP contribution in [0.1, 0.15) is 28.0 Å². The van der Waals surface area contributed by atoms with E-state index in [1.165, 1.54) is 6.33 Å². The first-order chi connectivity index (χ1) is 13.7. The van der Waals surface area contributed by atoms with Crippen LogP contribution in [0.15, 0.2) is 47.7 Å². The van der Waals surface area contributed by atoms with Crippen molar-refractivity contribution in [2.75, 3.05) is 6.54 Å². The molecule has 1 aliphatic heterocycles. The third-order valence-corrected chi connectivity index (χ3v) is 4.85. The number of amides is 1. The number of hydrogen-bond acceptors (Lipinski definition) is 5. The van der Waals surface area contributed by atoms with Crippen LogP contribution in [0, 0.1) is 11.3 Å². The molecule has 28 heavy (non-hydrogen) atoms. The molecule has 3 aromatic rings. The summed E-state index contributed by atoms with van der Waals surface area (Å²) in [5, 5.41) is 13.3. The van der Waals surface area contributed by atoms with E-state index in [9.17, 15) is 9.59 Å². The van der Waals surface area contributed by atoms with Gasteiger partial charge in [0, 0.05) is 17.7 Å². The van der Waals surface area contributed by atoms with E-state index in [1.807, 2.05) is 30.3 Å². The second-order valence-corrected chi connectivity index (χ2v) is 6.54. The molecule has 1 aliphatic rings. The first kappa shape index (κ1) is 17.7. The van der Waals surface area contributed by atoms with Crippen LogP contribution < -0.4 is 5.56 Å². The van der Waals surface area contributed by atoms with Crippen molar-refractivity contribution in [3.63, 3.8) is 0 Å². The summed E-state index contributed by atoms with van der Waals surface area (Å²) in [5.41, 5.74) is 3.17. The van der Waals surface area contributed by atoms with Crippen LogP contribution in [0.5, 0.6) is 0 Å². The summed E-state index contributed by atoms with van der Waals surface area (Å²) in [5.74, 6) is -0.158. The number of fused-ring (bicyclic) bond motifs is 1. The number of carbonyl (C=O) groups excluding carboxylic acids is 1. The van der Waals surface area contributed by atoms with Crippen LogP contribution in [-0.4, -0.2) is 37.1 Å². The number of aromatic amines is 1. The molecular formula is C20H18N6O2. The van der Waals surface area contributed by atoms with Crippen molar-refractivity contribution >= 4 is 5.91 Å². The summed E-state index contributed by atoms with van der Waals surface area (Å²) in [7, 11) is 0. The Bertz CT molecular complexity index is 1110. The average molecular weight is 374 g/mol. The minimum Gasteiger partial charge on any atom is -0.332 e. The Morgan fingerprint density at radius 2 is 2.11 bits per heavy atom. The van der Waals surface area contributed by atoms with Gasteiger partial charge in [-0.05, 0) is 6.42 Å². The van der Waals surface area contributed by atoms with Gasteiger partial charge in [-0.1, -0.05) is 30.3 Å². The van der Waals surface area contributed by atoms with E-state index in [0.717, 1.165) is 5.56 Å². The largest absolute Gasteiger partial charge is 0.332 e. The second-order valence-electron chi connectivity index (χ2n) is 6.54. The van der Waals surface area contributed by atoms with Crippen LogP contribution >= 0.6 is 0 Å². The van der Waals surface area contributed by atoms with E-state index in [4.69, 9.17) is 5.26 Å². The zero-order valence-corrected chi connectivity index (χ0v) is 15.1. The minimum absolute atomic E-state index is 0.147. The van der Waals surface area contributed by atoms with E-state index in [1.54, 1.807) is 15.8 Å². The number of aryl methyl sites for hydroxylation is 1. The molecular weight excluding hydrogens is 356 g/mol. The maximum Gasteiger partial charge on any atom is 0.258 e. The second kappa shape index (κ2) is 7.48. The summed E-state index contributed by atoms with van der Waals surface area (Å²) in [4.78, 5) is 33.7. The molecule has 0 aliphatic carbocycles. The number of rotatable bonds is 4. The van der Waals surface area contributed by atoms with E-state index in [-0.39, 0.29) is 18.0 Å². The van der Waals surface area contributed by atoms with E-state index in [2.05, 4.69) is 21.1 Å². The Hall–Kier alpha value is -3.73. The SMILES string of the molecule is N#CCCn1ncc(C(=O)N2CCc3c(nc[nH]c3=O)C2)c1-c1ccccc1. The van der Waals surface area contributed by atoms with E-state index in [0.29, 0.717) is 48.4 Å². The smallest absolute Gasteiger partial charge is 0.258 e. The third-order valence-electron chi connectivity index (χ3n) is 4.85. The summed E-state index contributed by atoms with van der Waals surface area (Å²) < 4.78 is 1.70. The Morgan fingerprint density at radius 3 is 2.89 bits per heavy atom. The molecule has 8 heteroatoms. The van der Waals surface area contributed by atoms with Gasteiger partial charge in [0.2, 0.25) is 0 Å². The van der Waals surface area contributed by atoms with Gasteiger partial charge in [-0.15, -0.1) is 0 Å². The first-order valence-corrected chi connectivity index (χ1v) is 9.02. The fourth-order valence-electron chi connectivity index (χ4n) is 3.48. The van der Waals surface area contributed by atoms with Gasteiger partial charge < -0.3 is 9.88 Å². The Balaban J connectivity index is 1.69. The lowest BCUT2D eigenvalue weighted by Crippen LogP contribution is -2.39. The van der Waals surface area contributed by atoms with Crippen molar-refractivity contribution < 1.29 is 4.79 Å². The molecule has 1 aromatic carbocycles. The van der Waals surface area contributed by atoms with Crippen molar-refractivity contribution in [1.82, 2.24) is 24.6 Å². The predicted molar refractivity (Wildman–Crippen MR) is 101 cm³/mol. The fourth-order valence-corrected chi connectivity index (χ4v) is 3.48. The maximum atomic E-state index is 13.3. The Morgan fingerprint density at radius 1 is 1.29 bits per heavy atom. The van der Waals surface area contributed by atoms with Crippen LogP contribution in [-0.2, 0) is 19.5 Å². The van der Waals surface area contributed by atoms with Crippen molar-refractivity contribution in [2.45, 2.75) is 25.9 Å². The molecule has 4 rings (SSSR count). The number of carbonyl (C=O) groups is 1. The predicted octanol–water partition coefficient (Wildman–Crippen LogP) is 1.75. The normalized spacial score (nSPS) is 13.0. The summed E-state index contributed by atoms with van der Waals surface area (Å²) >= 11 is 0. The Labute approximate surface area is 161 Å². The highest BCUT2D eigenvalue weighted by atomic mass is 16.2. The van der Waals surface area contributed by atoms with Crippen LogP contribution in [0.3, 0.4) is 0 Å². The monoisotopic (exact) mass is 374 g/mol. The lowest BCUT2D eigenvalue weighted by Gasteiger charge is -2.27. The van der Waals surface area contributed by atoms with Crippen molar-refractivity contribution in [3.8, 4) is 17.3 Å². The van der Waals surface area contributed by atoms with Gasteiger partial charge in [0.15, 0.2) is 0 Å². The molecule has 0 radical (unpaired) electrons. The molecule has 1 amide bonds. The van der Waals surface area contributed by atoms with Gasteiger partial charge in [0.05, 0.1) is 55.1 Å². The Kier molecular flexibility index (Phi) is 4.72. The van der Waals surface area contributed by atoms with E-state index < -0.39 is 0 Å². The molecule has 2 aromatic heterocycles. The quantitative estimate of drug-likeness (QED) is 0.748. The molecule has 0 spiro atoms. The number of nitrogens with one attached hydrogen (secondary N) is 1. The zero-order chi connectivity index (χ0) is 19.5. The maximum absolute atomic E-state index is 13.3. The van der Waals surface area contributed by atoms with Gasteiger partial charge in [-0.25, -0.2) is 4.98 Å². The highest BCUT2D eigenvalue weighted by Crippen LogP contribution is 2.26. The lowest BCUT2D eigenvalue weighted by atomic mass is 10.0. The van der Waals surface area contributed by atoms with Gasteiger partial charge in [0.25, 0.3) is 11.5 Å². The standard InChI is InChI=1S/C20H18N6O2/c21-8-4-9-26-18(14-5-2-1-3-6-14)16(11-24-26)20(28)25-10-7-15-17(12-25)22-13-23-19(15)27/h1-3,5-6,11,13H,4,7,9-10,12H2,(H,22,23,27). The van der Waals surface area contributed by atoms with Gasteiger partial charge in [0.1, 0.15) is 0 Å². The van der Waals surface area contributed by atoms with Gasteiger partial charge >= 0.3 is 0 Å². The molecule has 8 nitrogen and oxygen atoms in total. The molecule has 0 unspecified atom stereocenters. The minimum atomic E-state index is -0.158.